The van der Waals surface area contributed by atoms with Crippen molar-refractivity contribution in [3.8, 4) is 0 Å². The van der Waals surface area contributed by atoms with Crippen molar-refractivity contribution in [2.45, 2.75) is 75.6 Å². The number of aliphatic hydroxyl groups is 2. The molecule has 2 saturated heterocycles. The smallest absolute Gasteiger partial charge is 0.187 e. The standard InChI is InChI=1S/C15H28O8/c1-7-11(16)14(20-5)12(17)15(22-7)23-13-8(2)21-10(19-4)6-9(13)18-3/h7-17H,6H2,1-5H3/t7-,8-,9-,10?,11-,12-,13-,14-,15+/m1/s1. The van der Waals surface area contributed by atoms with Gasteiger partial charge in [0.15, 0.2) is 12.6 Å². The molecular formula is C15H28O8. The van der Waals surface area contributed by atoms with Gasteiger partial charge in [-0.05, 0) is 13.8 Å². The van der Waals surface area contributed by atoms with Gasteiger partial charge in [0.2, 0.25) is 0 Å². The molecule has 23 heavy (non-hydrogen) atoms. The number of methoxy groups -OCH3 is 3. The second-order valence-corrected chi connectivity index (χ2v) is 6.01. The van der Waals surface area contributed by atoms with Crippen LogP contribution in [0.3, 0.4) is 0 Å². The van der Waals surface area contributed by atoms with Crippen molar-refractivity contribution in [2.24, 2.45) is 0 Å². The molecule has 0 bridgehead atoms. The average Bonchev–Trinajstić information content (AvgIpc) is 2.54. The molecular weight excluding hydrogens is 308 g/mol. The predicted octanol–water partition coefficient (Wildman–Crippen LogP) is -0.350. The van der Waals surface area contributed by atoms with E-state index < -0.39 is 36.8 Å². The van der Waals surface area contributed by atoms with Crippen molar-refractivity contribution in [1.29, 1.82) is 0 Å². The molecule has 2 aliphatic heterocycles. The van der Waals surface area contributed by atoms with Gasteiger partial charge in [-0.15, -0.1) is 0 Å². The van der Waals surface area contributed by atoms with Crippen LogP contribution in [0.2, 0.25) is 0 Å². The van der Waals surface area contributed by atoms with E-state index in [0.717, 1.165) is 0 Å². The van der Waals surface area contributed by atoms with E-state index in [2.05, 4.69) is 0 Å². The maximum absolute atomic E-state index is 10.3. The molecule has 0 spiro atoms. The van der Waals surface area contributed by atoms with Crippen LogP contribution in [0.4, 0.5) is 0 Å². The highest BCUT2D eigenvalue weighted by Gasteiger charge is 2.47. The van der Waals surface area contributed by atoms with Crippen molar-refractivity contribution in [1.82, 2.24) is 0 Å². The highest BCUT2D eigenvalue weighted by molar-refractivity contribution is 4.91. The lowest BCUT2D eigenvalue weighted by molar-refractivity contribution is -0.338. The van der Waals surface area contributed by atoms with Gasteiger partial charge in [-0.1, -0.05) is 0 Å². The fourth-order valence-corrected chi connectivity index (χ4v) is 3.12. The molecule has 8 nitrogen and oxygen atoms in total. The predicted molar refractivity (Wildman–Crippen MR) is 78.8 cm³/mol. The summed E-state index contributed by atoms with van der Waals surface area (Å²) in [5, 5.41) is 20.4. The normalized spacial score (nSPS) is 48.4. The van der Waals surface area contributed by atoms with E-state index in [4.69, 9.17) is 28.4 Å². The van der Waals surface area contributed by atoms with Crippen molar-refractivity contribution in [3.63, 3.8) is 0 Å². The summed E-state index contributed by atoms with van der Waals surface area (Å²) in [5.41, 5.74) is 0. The fourth-order valence-electron chi connectivity index (χ4n) is 3.12. The molecule has 2 fully saturated rings. The minimum absolute atomic E-state index is 0.261. The Morgan fingerprint density at radius 3 is 2.09 bits per heavy atom. The first kappa shape index (κ1) is 19.0. The lowest BCUT2D eigenvalue weighted by atomic mass is 9.98. The van der Waals surface area contributed by atoms with Gasteiger partial charge in [-0.2, -0.15) is 0 Å². The van der Waals surface area contributed by atoms with E-state index in [1.807, 2.05) is 6.92 Å². The van der Waals surface area contributed by atoms with Crippen LogP contribution >= 0.6 is 0 Å². The lowest BCUT2D eigenvalue weighted by Crippen LogP contribution is -2.60. The second kappa shape index (κ2) is 8.17. The minimum atomic E-state index is -1.11. The number of ether oxygens (including phenoxy) is 6. The van der Waals surface area contributed by atoms with Gasteiger partial charge in [0.1, 0.15) is 24.4 Å². The third-order valence-electron chi connectivity index (χ3n) is 4.53. The van der Waals surface area contributed by atoms with Gasteiger partial charge >= 0.3 is 0 Å². The largest absolute Gasteiger partial charge is 0.388 e. The SMILES string of the molecule is COC1C[C@@H](OC)[C@H](O[C@@H]2O[C@H](C)[C@@H](O)[C@@H](OC)[C@H]2O)[C@@H](C)O1. The summed E-state index contributed by atoms with van der Waals surface area (Å²) in [7, 11) is 4.60. The minimum Gasteiger partial charge on any atom is -0.388 e. The zero-order chi connectivity index (χ0) is 17.1. The first-order valence-corrected chi connectivity index (χ1v) is 7.83. The van der Waals surface area contributed by atoms with Crippen molar-refractivity contribution < 1.29 is 38.6 Å². The Hall–Kier alpha value is -0.320. The Balaban J connectivity index is 2.07. The van der Waals surface area contributed by atoms with Gasteiger partial charge < -0.3 is 38.6 Å². The average molecular weight is 336 g/mol. The van der Waals surface area contributed by atoms with Crippen LogP contribution in [0.5, 0.6) is 0 Å². The van der Waals surface area contributed by atoms with E-state index in [9.17, 15) is 10.2 Å². The summed E-state index contributed by atoms with van der Waals surface area (Å²) in [4.78, 5) is 0. The van der Waals surface area contributed by atoms with Gasteiger partial charge in [0.25, 0.3) is 0 Å². The number of aliphatic hydroxyl groups excluding tert-OH is 2. The van der Waals surface area contributed by atoms with E-state index >= 15 is 0 Å². The summed E-state index contributed by atoms with van der Waals surface area (Å²) >= 11 is 0. The molecule has 1 unspecified atom stereocenters. The van der Waals surface area contributed by atoms with E-state index in [-0.39, 0.29) is 18.5 Å². The van der Waals surface area contributed by atoms with Crippen molar-refractivity contribution in [3.05, 3.63) is 0 Å². The molecule has 2 aliphatic rings. The first-order chi connectivity index (χ1) is 10.9. The molecule has 2 N–H and O–H groups in total. The van der Waals surface area contributed by atoms with Crippen LogP contribution < -0.4 is 0 Å². The summed E-state index contributed by atoms with van der Waals surface area (Å²) < 4.78 is 33.1. The van der Waals surface area contributed by atoms with Crippen LogP contribution in [0.1, 0.15) is 20.3 Å². The van der Waals surface area contributed by atoms with Gasteiger partial charge in [-0.3, -0.25) is 0 Å². The molecule has 2 rings (SSSR count). The maximum Gasteiger partial charge on any atom is 0.187 e. The molecule has 0 saturated carbocycles. The molecule has 8 heteroatoms. The Bertz CT molecular complexity index is 367. The molecule has 0 aliphatic carbocycles. The number of hydrogen-bond acceptors (Lipinski definition) is 8. The van der Waals surface area contributed by atoms with Gasteiger partial charge in [0, 0.05) is 27.8 Å². The van der Waals surface area contributed by atoms with E-state index in [1.165, 1.54) is 7.11 Å². The highest BCUT2D eigenvalue weighted by atomic mass is 16.7. The molecule has 2 heterocycles. The van der Waals surface area contributed by atoms with Crippen LogP contribution in [-0.2, 0) is 28.4 Å². The van der Waals surface area contributed by atoms with Crippen molar-refractivity contribution in [2.75, 3.05) is 21.3 Å². The number of hydrogen-bond donors (Lipinski definition) is 2. The summed E-state index contributed by atoms with van der Waals surface area (Å²) in [5.74, 6) is 0. The highest BCUT2D eigenvalue weighted by Crippen LogP contribution is 2.30. The fraction of sp³-hybridized carbons (Fsp3) is 1.00. The first-order valence-electron chi connectivity index (χ1n) is 7.83. The molecule has 0 radical (unpaired) electrons. The molecule has 0 aromatic heterocycles. The van der Waals surface area contributed by atoms with Crippen LogP contribution in [0.25, 0.3) is 0 Å². The Labute approximate surface area is 136 Å². The van der Waals surface area contributed by atoms with E-state index in [1.54, 1.807) is 21.1 Å². The lowest BCUT2D eigenvalue weighted by Gasteiger charge is -2.45. The van der Waals surface area contributed by atoms with Gasteiger partial charge in [0.05, 0.1) is 18.3 Å². The molecule has 0 aromatic carbocycles. The maximum atomic E-state index is 10.3. The van der Waals surface area contributed by atoms with Crippen LogP contribution in [0, 0.1) is 0 Å². The Kier molecular flexibility index (Phi) is 6.76. The Morgan fingerprint density at radius 1 is 0.826 bits per heavy atom. The zero-order valence-corrected chi connectivity index (χ0v) is 14.2. The monoisotopic (exact) mass is 336 g/mol. The molecule has 136 valence electrons. The van der Waals surface area contributed by atoms with Crippen molar-refractivity contribution >= 4 is 0 Å². The van der Waals surface area contributed by atoms with Crippen LogP contribution in [-0.4, -0.2) is 86.9 Å². The zero-order valence-electron chi connectivity index (χ0n) is 14.2. The summed E-state index contributed by atoms with van der Waals surface area (Å²) in [6, 6.07) is 0. The number of rotatable bonds is 5. The summed E-state index contributed by atoms with van der Waals surface area (Å²) in [6.45, 7) is 3.55. The molecule has 0 amide bonds. The summed E-state index contributed by atoms with van der Waals surface area (Å²) in [6.07, 6.45) is -5.15. The van der Waals surface area contributed by atoms with Crippen LogP contribution in [0.15, 0.2) is 0 Å². The molecule has 9 atom stereocenters. The second-order valence-electron chi connectivity index (χ2n) is 6.01. The quantitative estimate of drug-likeness (QED) is 0.703. The Morgan fingerprint density at radius 2 is 1.52 bits per heavy atom. The van der Waals surface area contributed by atoms with Gasteiger partial charge in [-0.25, -0.2) is 0 Å². The van der Waals surface area contributed by atoms with E-state index in [0.29, 0.717) is 6.42 Å². The molecule has 0 aromatic rings. The topological polar surface area (TPSA) is 95.8 Å². The third kappa shape index (κ3) is 4.02. The third-order valence-corrected chi connectivity index (χ3v) is 4.53.